The average Bonchev–Trinajstić information content (AvgIpc) is 3.44. The second-order valence-corrected chi connectivity index (χ2v) is 8.57. The smallest absolute Gasteiger partial charge is 0.277 e. The highest BCUT2D eigenvalue weighted by Gasteiger charge is 2.32. The summed E-state index contributed by atoms with van der Waals surface area (Å²) in [5, 5.41) is 4.59. The van der Waals surface area contributed by atoms with Crippen LogP contribution in [0.15, 0.2) is 59.7 Å². The van der Waals surface area contributed by atoms with Crippen LogP contribution in [0.4, 0.5) is 0 Å². The molecular weight excluding hydrogens is 390 g/mol. The molecule has 1 saturated heterocycles. The molecule has 1 amide bonds. The minimum Gasteiger partial charge on any atom is -0.330 e. The lowest BCUT2D eigenvalue weighted by Gasteiger charge is -2.23. The summed E-state index contributed by atoms with van der Waals surface area (Å²) in [5.41, 5.74) is 3.29. The molecule has 3 aromatic heterocycles. The Morgan fingerprint density at radius 3 is 2.68 bits per heavy atom. The van der Waals surface area contributed by atoms with Crippen molar-refractivity contribution in [1.29, 1.82) is 0 Å². The first kappa shape index (κ1) is 19.5. The number of fused-ring (bicyclic) bond motifs is 3. The number of carbonyl (C=O) groups excluding carboxylic acids is 1. The lowest BCUT2D eigenvalue weighted by atomic mass is 10.1. The summed E-state index contributed by atoms with van der Waals surface area (Å²) in [6.45, 7) is 5.45. The molecule has 0 saturated carbocycles. The summed E-state index contributed by atoms with van der Waals surface area (Å²) in [6.07, 6.45) is 5.38. The van der Waals surface area contributed by atoms with Gasteiger partial charge in [0.25, 0.3) is 11.5 Å². The van der Waals surface area contributed by atoms with Gasteiger partial charge < -0.3 is 9.47 Å². The number of para-hydroxylation sites is 2. The number of hydrogen-bond donors (Lipinski definition) is 0. The van der Waals surface area contributed by atoms with Crippen LogP contribution in [0.2, 0.25) is 0 Å². The summed E-state index contributed by atoms with van der Waals surface area (Å²) in [4.78, 5) is 32.8. The first-order valence-corrected chi connectivity index (χ1v) is 10.8. The lowest BCUT2D eigenvalue weighted by molar-refractivity contribution is 0.0729. The molecule has 0 spiro atoms. The summed E-state index contributed by atoms with van der Waals surface area (Å²) in [6, 6.07) is 13.2. The highest BCUT2D eigenvalue weighted by atomic mass is 16.2. The molecule has 4 aromatic rings. The molecule has 1 aliphatic heterocycles. The van der Waals surface area contributed by atoms with E-state index in [1.807, 2.05) is 47.5 Å². The number of benzene rings is 1. The van der Waals surface area contributed by atoms with Crippen LogP contribution in [0.3, 0.4) is 0 Å². The molecule has 0 N–H and O–H groups in total. The topological polar surface area (TPSA) is 72.5 Å². The zero-order valence-corrected chi connectivity index (χ0v) is 17.7. The van der Waals surface area contributed by atoms with E-state index in [2.05, 4.69) is 23.9 Å². The number of aromatic nitrogens is 4. The SMILES string of the molecule is CC(C)Cn1c(=O)c2cc(C(=O)N3CCC[C@H]3c3cccnc3)nn2c2ccccc21. The highest BCUT2D eigenvalue weighted by molar-refractivity contribution is 5.94. The normalized spacial score (nSPS) is 16.6. The van der Waals surface area contributed by atoms with Crippen LogP contribution in [0.5, 0.6) is 0 Å². The Balaban J connectivity index is 1.62. The van der Waals surface area contributed by atoms with E-state index < -0.39 is 0 Å². The standard InChI is InChI=1S/C24H25N5O2/c1-16(2)15-28-20-8-3-4-9-21(20)29-22(24(28)31)13-18(26-29)23(30)27-12-6-10-19(27)17-7-5-11-25-14-17/h3-5,7-9,11,13-14,16,19H,6,10,12,15H2,1-2H3/t19-/m0/s1. The second-order valence-electron chi connectivity index (χ2n) is 8.57. The van der Waals surface area contributed by atoms with Crippen LogP contribution >= 0.6 is 0 Å². The van der Waals surface area contributed by atoms with Crippen molar-refractivity contribution in [3.63, 3.8) is 0 Å². The van der Waals surface area contributed by atoms with Crippen molar-refractivity contribution in [2.24, 2.45) is 5.92 Å². The third-order valence-electron chi connectivity index (χ3n) is 5.92. The average molecular weight is 415 g/mol. The lowest BCUT2D eigenvalue weighted by Crippen LogP contribution is -2.31. The molecular formula is C24H25N5O2. The fourth-order valence-electron chi connectivity index (χ4n) is 4.56. The van der Waals surface area contributed by atoms with Gasteiger partial charge in [-0.25, -0.2) is 4.52 Å². The van der Waals surface area contributed by atoms with Crippen LogP contribution in [-0.4, -0.2) is 36.5 Å². The zero-order valence-electron chi connectivity index (χ0n) is 17.7. The van der Waals surface area contributed by atoms with Gasteiger partial charge in [-0.05, 0) is 42.5 Å². The van der Waals surface area contributed by atoms with Gasteiger partial charge in [0.15, 0.2) is 5.69 Å². The molecule has 1 fully saturated rings. The Morgan fingerprint density at radius 2 is 1.94 bits per heavy atom. The quantitative estimate of drug-likeness (QED) is 0.510. The monoisotopic (exact) mass is 415 g/mol. The Labute approximate surface area is 179 Å². The summed E-state index contributed by atoms with van der Waals surface area (Å²) >= 11 is 0. The van der Waals surface area contributed by atoms with Gasteiger partial charge in [0, 0.05) is 31.5 Å². The maximum Gasteiger partial charge on any atom is 0.277 e. The first-order chi connectivity index (χ1) is 15.0. The molecule has 1 atom stereocenters. The molecule has 158 valence electrons. The molecule has 0 aliphatic carbocycles. The van der Waals surface area contributed by atoms with Crippen LogP contribution in [0.1, 0.15) is 48.8 Å². The van der Waals surface area contributed by atoms with E-state index in [0.717, 1.165) is 29.4 Å². The molecule has 7 heteroatoms. The van der Waals surface area contributed by atoms with Crippen LogP contribution in [0, 0.1) is 5.92 Å². The van der Waals surface area contributed by atoms with Gasteiger partial charge in [0.1, 0.15) is 5.52 Å². The summed E-state index contributed by atoms with van der Waals surface area (Å²) in [5.74, 6) is 0.173. The molecule has 0 radical (unpaired) electrons. The van der Waals surface area contributed by atoms with Crippen molar-refractivity contribution >= 4 is 22.5 Å². The van der Waals surface area contributed by atoms with E-state index in [1.54, 1.807) is 21.3 Å². The number of nitrogens with zero attached hydrogens (tertiary/aromatic N) is 5. The fraction of sp³-hybridized carbons (Fsp3) is 0.333. The first-order valence-electron chi connectivity index (χ1n) is 10.8. The molecule has 0 unspecified atom stereocenters. The van der Waals surface area contributed by atoms with E-state index >= 15 is 0 Å². The predicted molar refractivity (Wildman–Crippen MR) is 119 cm³/mol. The van der Waals surface area contributed by atoms with Crippen molar-refractivity contribution in [2.75, 3.05) is 6.54 Å². The third kappa shape index (κ3) is 3.30. The number of hydrogen-bond acceptors (Lipinski definition) is 4. The van der Waals surface area contributed by atoms with Gasteiger partial charge >= 0.3 is 0 Å². The van der Waals surface area contributed by atoms with E-state index in [1.165, 1.54) is 0 Å². The number of rotatable bonds is 4. The summed E-state index contributed by atoms with van der Waals surface area (Å²) < 4.78 is 3.41. The van der Waals surface area contributed by atoms with Crippen LogP contribution in [0.25, 0.3) is 16.6 Å². The fourth-order valence-corrected chi connectivity index (χ4v) is 4.56. The van der Waals surface area contributed by atoms with Crippen molar-refractivity contribution < 1.29 is 4.79 Å². The van der Waals surface area contributed by atoms with Crippen LogP contribution < -0.4 is 5.56 Å². The van der Waals surface area contributed by atoms with Crippen molar-refractivity contribution in [2.45, 2.75) is 39.3 Å². The highest BCUT2D eigenvalue weighted by Crippen LogP contribution is 2.32. The Kier molecular flexibility index (Phi) is 4.81. The Morgan fingerprint density at radius 1 is 1.13 bits per heavy atom. The predicted octanol–water partition coefficient (Wildman–Crippen LogP) is 3.68. The van der Waals surface area contributed by atoms with Crippen molar-refractivity contribution in [3.8, 4) is 0 Å². The molecule has 31 heavy (non-hydrogen) atoms. The second kappa shape index (κ2) is 7.65. The number of pyridine rings is 1. The van der Waals surface area contributed by atoms with Gasteiger partial charge in [0.2, 0.25) is 0 Å². The number of likely N-dealkylation sites (tertiary alicyclic amines) is 1. The maximum absolute atomic E-state index is 13.4. The van der Waals surface area contributed by atoms with Gasteiger partial charge in [-0.15, -0.1) is 0 Å². The minimum atomic E-state index is -0.144. The van der Waals surface area contributed by atoms with Gasteiger partial charge in [-0.3, -0.25) is 14.6 Å². The zero-order chi connectivity index (χ0) is 21.5. The van der Waals surface area contributed by atoms with E-state index in [9.17, 15) is 9.59 Å². The van der Waals surface area contributed by atoms with E-state index in [4.69, 9.17) is 0 Å². The number of amides is 1. The van der Waals surface area contributed by atoms with Crippen molar-refractivity contribution in [3.05, 3.63) is 76.5 Å². The van der Waals surface area contributed by atoms with Crippen LogP contribution in [-0.2, 0) is 6.54 Å². The molecule has 1 aromatic carbocycles. The maximum atomic E-state index is 13.4. The van der Waals surface area contributed by atoms with E-state index in [-0.39, 0.29) is 17.5 Å². The van der Waals surface area contributed by atoms with Crippen molar-refractivity contribution in [1.82, 2.24) is 24.1 Å². The molecule has 4 heterocycles. The summed E-state index contributed by atoms with van der Waals surface area (Å²) in [7, 11) is 0. The largest absolute Gasteiger partial charge is 0.330 e. The van der Waals surface area contributed by atoms with Gasteiger partial charge in [-0.1, -0.05) is 32.0 Å². The number of carbonyl (C=O) groups is 1. The van der Waals surface area contributed by atoms with Gasteiger partial charge in [0.05, 0.1) is 17.1 Å². The van der Waals surface area contributed by atoms with Gasteiger partial charge in [-0.2, -0.15) is 5.10 Å². The Hall–Kier alpha value is -3.48. The molecule has 0 bridgehead atoms. The molecule has 5 rings (SSSR count). The molecule has 7 nitrogen and oxygen atoms in total. The third-order valence-corrected chi connectivity index (χ3v) is 5.92. The van der Waals surface area contributed by atoms with E-state index in [0.29, 0.717) is 30.2 Å². The Bertz CT molecular complexity index is 1320. The minimum absolute atomic E-state index is 0.0136. The molecule has 1 aliphatic rings.